The van der Waals surface area contributed by atoms with Crippen LogP contribution in [0.4, 0.5) is 65.9 Å². The number of unbranched alkanes of at least 4 members (excludes halogenated alkanes) is 1. The molecule has 0 spiro atoms. The number of aliphatic carboxylic acids is 5. The van der Waals surface area contributed by atoms with Crippen LogP contribution in [0.15, 0.2) is 30.3 Å². The highest BCUT2D eigenvalue weighted by atomic mass is 19.4. The molecule has 13 atom stereocenters. The number of alkyl halides is 15. The summed E-state index contributed by atoms with van der Waals surface area (Å²) in [5, 5.41) is 85.2. The van der Waals surface area contributed by atoms with Crippen LogP contribution in [0, 0.1) is 11.8 Å². The number of hydrogen-bond acceptors (Lipinski definition) is 23. The molecule has 0 aromatic heterocycles. The maximum Gasteiger partial charge on any atom is 0.490 e. The molecule has 1 saturated heterocycles. The van der Waals surface area contributed by atoms with Crippen molar-refractivity contribution in [3.63, 3.8) is 0 Å². The third kappa shape index (κ3) is 50.7. The van der Waals surface area contributed by atoms with E-state index in [0.29, 0.717) is 17.9 Å². The normalized spacial score (nSPS) is 19.6. The number of aliphatic hydroxyl groups is 2. The van der Waals surface area contributed by atoms with Gasteiger partial charge in [-0.3, -0.25) is 52.7 Å². The number of halogens is 15. The Morgan fingerprint density at radius 3 is 1.17 bits per heavy atom. The van der Waals surface area contributed by atoms with Crippen molar-refractivity contribution >= 4 is 94.8 Å². The third-order valence-electron chi connectivity index (χ3n) is 15.4. The van der Waals surface area contributed by atoms with Crippen LogP contribution in [-0.2, 0) is 83.1 Å². The summed E-state index contributed by atoms with van der Waals surface area (Å²) in [6, 6.07) is -6.29. The first-order valence-corrected chi connectivity index (χ1v) is 35.3. The van der Waals surface area contributed by atoms with E-state index in [-0.39, 0.29) is 77.7 Å². The third-order valence-corrected chi connectivity index (χ3v) is 15.4. The lowest BCUT2D eigenvalue weighted by Gasteiger charge is -2.29. The fourth-order valence-corrected chi connectivity index (χ4v) is 8.92. The average molecular weight is 1760 g/mol. The topological polar surface area (TPSA) is 677 Å². The van der Waals surface area contributed by atoms with Gasteiger partial charge in [0.15, 0.2) is 0 Å². The Morgan fingerprint density at radius 1 is 0.445 bits per heavy atom. The molecule has 684 valence electrons. The number of benzene rings is 1. The minimum atomic E-state index is -5.08. The van der Waals surface area contributed by atoms with Crippen LogP contribution < -0.4 is 87.2 Å². The zero-order valence-electron chi connectivity index (χ0n) is 64.4. The highest BCUT2D eigenvalue weighted by Gasteiger charge is 2.43. The number of carbonyl (C=O) groups excluding carboxylic acids is 11. The van der Waals surface area contributed by atoms with E-state index in [2.05, 4.69) is 72.3 Å². The van der Waals surface area contributed by atoms with E-state index >= 15 is 0 Å². The molecule has 2 rings (SSSR count). The lowest BCUT2D eigenvalue weighted by molar-refractivity contribution is -0.193. The first kappa shape index (κ1) is 115. The van der Waals surface area contributed by atoms with Crippen molar-refractivity contribution in [3.8, 4) is 0 Å². The monoisotopic (exact) mass is 1760 g/mol. The van der Waals surface area contributed by atoms with Gasteiger partial charge in [-0.05, 0) is 109 Å². The zero-order chi connectivity index (χ0) is 93.4. The highest BCUT2D eigenvalue weighted by molar-refractivity contribution is 5.99. The first-order valence-electron chi connectivity index (χ1n) is 35.3. The molecule has 119 heavy (non-hydrogen) atoms. The van der Waals surface area contributed by atoms with Crippen molar-refractivity contribution in [1.29, 1.82) is 0 Å². The van der Waals surface area contributed by atoms with Crippen LogP contribution in [0.3, 0.4) is 0 Å². The van der Waals surface area contributed by atoms with Gasteiger partial charge < -0.3 is 123 Å². The number of carboxylic acids is 5. The molecule has 1 fully saturated rings. The molecule has 11 amide bonds. The van der Waals surface area contributed by atoms with Crippen LogP contribution in [0.1, 0.15) is 118 Å². The summed E-state index contributed by atoms with van der Waals surface area (Å²) in [7, 11) is 0. The van der Waals surface area contributed by atoms with Crippen LogP contribution in [-0.4, -0.2) is 273 Å². The summed E-state index contributed by atoms with van der Waals surface area (Å²) in [5.41, 5.74) is 29.9. The Balaban J connectivity index is -0.00000155. The number of carbonyl (C=O) groups is 16. The molecule has 39 nitrogen and oxygen atoms in total. The summed E-state index contributed by atoms with van der Waals surface area (Å²) in [4.78, 5) is 198. The summed E-state index contributed by atoms with van der Waals surface area (Å²) >= 11 is 0. The second-order valence-electron chi connectivity index (χ2n) is 25.6. The number of nitrogens with two attached hydrogens (primary N) is 5. The molecule has 1 aromatic carbocycles. The van der Waals surface area contributed by atoms with Crippen molar-refractivity contribution in [2.24, 2.45) is 40.5 Å². The van der Waals surface area contributed by atoms with E-state index < -0.39 is 217 Å². The van der Waals surface area contributed by atoms with Gasteiger partial charge in [-0.2, -0.15) is 65.9 Å². The van der Waals surface area contributed by atoms with E-state index in [0.717, 1.165) is 19.3 Å². The maximum atomic E-state index is 14.5. The van der Waals surface area contributed by atoms with Gasteiger partial charge >= 0.3 is 60.7 Å². The van der Waals surface area contributed by atoms with Crippen LogP contribution in [0.25, 0.3) is 0 Å². The van der Waals surface area contributed by atoms with Crippen LogP contribution in [0.2, 0.25) is 0 Å². The van der Waals surface area contributed by atoms with Crippen LogP contribution in [0.5, 0.6) is 0 Å². The van der Waals surface area contributed by atoms with E-state index in [1.54, 1.807) is 44.2 Å². The summed E-state index contributed by atoms with van der Waals surface area (Å²) in [6.45, 7) is 8.67. The Kier molecular flexibility index (Phi) is 54.7. The molecule has 13 unspecified atom stereocenters. The Hall–Kier alpha value is -10.6. The molecule has 1 aliphatic rings. The van der Waals surface area contributed by atoms with Gasteiger partial charge in [0.2, 0.25) is 65.0 Å². The molecule has 0 radical (unpaired) electrons. The van der Waals surface area contributed by atoms with Crippen LogP contribution >= 0.6 is 0 Å². The number of aliphatic hydroxyl groups excluding tert-OH is 2. The Bertz CT molecular complexity index is 3260. The molecular weight excluding hydrogens is 1660 g/mol. The minimum absolute atomic E-state index is 0.0174. The fraction of sp³-hybridized carbons (Fsp3) is 0.662. The Labute approximate surface area is 667 Å². The van der Waals surface area contributed by atoms with Crippen molar-refractivity contribution in [2.45, 2.75) is 222 Å². The van der Waals surface area contributed by atoms with Crippen molar-refractivity contribution < 1.29 is 178 Å². The van der Waals surface area contributed by atoms with E-state index in [9.17, 15) is 129 Å². The molecule has 1 aliphatic heterocycles. The van der Waals surface area contributed by atoms with Gasteiger partial charge in [0.05, 0.1) is 12.2 Å². The molecule has 1 heterocycles. The number of nitrogens with one attached hydrogen (secondary N) is 11. The van der Waals surface area contributed by atoms with Crippen molar-refractivity contribution in [3.05, 3.63) is 35.9 Å². The highest BCUT2D eigenvalue weighted by Crippen LogP contribution is 2.18. The molecule has 28 N–H and O–H groups in total. The van der Waals surface area contributed by atoms with Crippen molar-refractivity contribution in [2.75, 3.05) is 39.3 Å². The largest absolute Gasteiger partial charge is 0.490 e. The standard InChI is InChI=1S/C55H96N16O13.5C2HF3O2/c1-7-31(4)13-11-12-16-42(74)62-35(17-23-56)50(79)71-45(33(6)73)55(84)67-38(20-26-59)47(76)65-40-22-28-61-53(82)44(32(5)72)70-51(80)39(21-27-60)64-46(75)37(19-25-58)66-54(83)43(30(2)3)69-52(81)41(29-34-14-9-8-10-15-34)68-48(77)36(18-24-57)63-49(40)78;5*3-2(4,5)1(6)7/h8-10,14-15,30-33,35-41,43-45,72-73H,7,11-13,16-29,56-60H2,1-6H3,(H,61,82)(H,62,74)(H,63,78)(H,64,75)(H,65,76)(H,66,83)(H,67,84)(H,68,77)(H,69,81)(H,70,80)(H,71,79);5*(H,6,7). The summed E-state index contributed by atoms with van der Waals surface area (Å²) in [5.74, 6) is -23.7. The molecule has 54 heteroatoms. The van der Waals surface area contributed by atoms with Gasteiger partial charge in [-0.1, -0.05) is 77.3 Å². The predicted octanol–water partition coefficient (Wildman–Crippen LogP) is -2.47. The maximum absolute atomic E-state index is 14.5. The second kappa shape index (κ2) is 56.7. The van der Waals surface area contributed by atoms with Crippen molar-refractivity contribution in [1.82, 2.24) is 58.5 Å². The molecule has 1 aromatic rings. The molecule has 0 aliphatic carbocycles. The van der Waals surface area contributed by atoms with E-state index in [4.69, 9.17) is 78.2 Å². The lowest BCUT2D eigenvalue weighted by Crippen LogP contribution is -2.62. The average Bonchev–Trinajstić information content (AvgIpc) is 1.25. The van der Waals surface area contributed by atoms with E-state index in [1.165, 1.54) is 13.8 Å². The van der Waals surface area contributed by atoms with Gasteiger partial charge in [0, 0.05) is 19.4 Å². The lowest BCUT2D eigenvalue weighted by atomic mass is 10.00. The number of amides is 11. The number of carboxylic acid groups (broad SMARTS) is 5. The van der Waals surface area contributed by atoms with Gasteiger partial charge in [0.1, 0.15) is 60.4 Å². The predicted molar refractivity (Wildman–Crippen MR) is 380 cm³/mol. The molecule has 0 bridgehead atoms. The summed E-state index contributed by atoms with van der Waals surface area (Å²) < 4.78 is 159. The second-order valence-corrected chi connectivity index (χ2v) is 25.6. The fourth-order valence-electron chi connectivity index (χ4n) is 8.92. The SMILES string of the molecule is CCC(C)CCCCC(=O)NC(CCN)C(=O)NC(C(=O)NC(CCN)C(=O)NC1CCNC(=O)C(C(C)O)NC(=O)C(CCN)NC(=O)C(CCN)NC(=O)C(C(C)C)NC(=O)C(Cc2ccccc2)NC(=O)C(CCN)NC1=O)C(C)O.O=C(O)C(F)(F)F.O=C(O)C(F)(F)F.O=C(O)C(F)(F)F.O=C(O)C(F)(F)F.O=C(O)C(F)(F)F. The number of rotatable bonds is 28. The quantitative estimate of drug-likeness (QED) is 0.0305. The smallest absolute Gasteiger partial charge is 0.475 e. The van der Waals surface area contributed by atoms with E-state index in [1.807, 2.05) is 0 Å². The van der Waals surface area contributed by atoms with Gasteiger partial charge in [-0.15, -0.1) is 0 Å². The summed E-state index contributed by atoms with van der Waals surface area (Å²) in [6.07, 6.45) is -26.5. The molecular formula is C65H101F15N16O23. The minimum Gasteiger partial charge on any atom is -0.475 e. The first-order chi connectivity index (χ1) is 54.6. The van der Waals surface area contributed by atoms with Gasteiger partial charge in [0.25, 0.3) is 0 Å². The van der Waals surface area contributed by atoms with Gasteiger partial charge in [-0.25, -0.2) is 24.0 Å². The molecule has 0 saturated carbocycles. The Morgan fingerprint density at radius 2 is 0.807 bits per heavy atom. The zero-order valence-corrected chi connectivity index (χ0v) is 64.4. The number of hydrogen-bond donors (Lipinski definition) is 23.